The quantitative estimate of drug-likeness (QED) is 0.376. The number of hydrogen-bond acceptors (Lipinski definition) is 4. The molecule has 0 aliphatic heterocycles. The molecule has 0 radical (unpaired) electrons. The Balaban J connectivity index is 2.54. The van der Waals surface area contributed by atoms with Gasteiger partial charge in [0, 0.05) is 6.61 Å². The van der Waals surface area contributed by atoms with E-state index in [1.807, 2.05) is 51.1 Å². The van der Waals surface area contributed by atoms with Crippen LogP contribution in [0.4, 0.5) is 4.79 Å². The summed E-state index contributed by atoms with van der Waals surface area (Å²) in [7, 11) is -1.75. The van der Waals surface area contributed by atoms with Crippen molar-refractivity contribution in [1.29, 1.82) is 0 Å². The van der Waals surface area contributed by atoms with Gasteiger partial charge in [-0.3, -0.25) is 0 Å². The molecule has 0 saturated heterocycles. The minimum Gasteiger partial charge on any atom is -0.444 e. The molecule has 0 aromatic heterocycles. The van der Waals surface area contributed by atoms with Crippen LogP contribution >= 0.6 is 0 Å². The first-order valence-electron chi connectivity index (χ1n) is 10.6. The number of carbonyl (C=O) groups is 1. The van der Waals surface area contributed by atoms with Crippen LogP contribution in [0.2, 0.25) is 18.1 Å². The molecular weight excluding hydrogens is 382 g/mol. The van der Waals surface area contributed by atoms with Crippen molar-refractivity contribution < 1.29 is 18.7 Å². The Morgan fingerprint density at radius 2 is 1.69 bits per heavy atom. The van der Waals surface area contributed by atoms with Gasteiger partial charge in [0.15, 0.2) is 8.32 Å². The average molecular weight is 424 g/mol. The second-order valence-electron chi connectivity index (χ2n) is 10.1. The largest absolute Gasteiger partial charge is 0.444 e. The van der Waals surface area contributed by atoms with Crippen LogP contribution in [-0.2, 0) is 20.5 Å². The average Bonchev–Trinajstić information content (AvgIpc) is 2.56. The lowest BCUT2D eigenvalue weighted by atomic mass is 10.1. The molecule has 1 rings (SSSR count). The Kier molecular flexibility index (Phi) is 9.85. The Bertz CT molecular complexity index is 606. The third-order valence-corrected chi connectivity index (χ3v) is 9.66. The third kappa shape index (κ3) is 10.8. The maximum absolute atomic E-state index is 12.2. The maximum atomic E-state index is 12.2. The normalized spacial score (nSPS) is 13.8. The lowest BCUT2D eigenvalue weighted by Crippen LogP contribution is -2.42. The van der Waals surface area contributed by atoms with Gasteiger partial charge in [0.1, 0.15) is 5.60 Å². The Morgan fingerprint density at radius 1 is 1.07 bits per heavy atom. The minimum absolute atomic E-state index is 0.114. The molecule has 0 aliphatic carbocycles. The Labute approximate surface area is 178 Å². The van der Waals surface area contributed by atoms with Crippen molar-refractivity contribution in [2.45, 2.75) is 90.8 Å². The van der Waals surface area contributed by atoms with Gasteiger partial charge in [-0.15, -0.1) is 0 Å². The predicted octanol–water partition coefficient (Wildman–Crippen LogP) is 5.90. The van der Waals surface area contributed by atoms with Crippen LogP contribution in [-0.4, -0.2) is 39.3 Å². The van der Waals surface area contributed by atoms with Gasteiger partial charge in [0.25, 0.3) is 0 Å². The van der Waals surface area contributed by atoms with Gasteiger partial charge in [-0.25, -0.2) is 4.79 Å². The first-order chi connectivity index (χ1) is 13.3. The Hall–Kier alpha value is -1.37. The van der Waals surface area contributed by atoms with Gasteiger partial charge in [0.05, 0.1) is 19.3 Å². The standard InChI is InChI=1S/C23H41NO4Si/c1-22(2,3)28-21(25)24-20(18-26-17-19-13-10-9-11-14-19)15-12-16-27-29(7,8)23(4,5)6/h9-11,13-14,20H,12,15-18H2,1-8H3,(H,24,25)/t20-/m0/s1. The summed E-state index contributed by atoms with van der Waals surface area (Å²) in [5.41, 5.74) is 0.593. The molecular formula is C23H41NO4Si. The molecule has 0 heterocycles. The molecule has 0 unspecified atom stereocenters. The molecule has 0 aliphatic rings. The third-order valence-electron chi connectivity index (χ3n) is 5.12. The molecule has 1 aromatic carbocycles. The summed E-state index contributed by atoms with van der Waals surface area (Å²) in [6.07, 6.45) is 1.24. The molecule has 1 amide bonds. The highest BCUT2D eigenvalue weighted by molar-refractivity contribution is 6.74. The molecule has 0 saturated carbocycles. The Morgan fingerprint density at radius 3 is 2.24 bits per heavy atom. The highest BCUT2D eigenvalue weighted by atomic mass is 28.4. The zero-order valence-corrected chi connectivity index (χ0v) is 20.6. The zero-order valence-electron chi connectivity index (χ0n) is 19.6. The molecule has 0 spiro atoms. The lowest BCUT2D eigenvalue weighted by molar-refractivity contribution is 0.0417. The van der Waals surface area contributed by atoms with Crippen LogP contribution in [0.5, 0.6) is 0 Å². The van der Waals surface area contributed by atoms with Crippen molar-refractivity contribution in [3.8, 4) is 0 Å². The van der Waals surface area contributed by atoms with Gasteiger partial charge < -0.3 is 19.2 Å². The van der Waals surface area contributed by atoms with Crippen LogP contribution in [0.25, 0.3) is 0 Å². The van der Waals surface area contributed by atoms with E-state index in [1.54, 1.807) is 0 Å². The first kappa shape index (κ1) is 25.7. The van der Waals surface area contributed by atoms with Crippen molar-refractivity contribution in [1.82, 2.24) is 5.32 Å². The highest BCUT2D eigenvalue weighted by Crippen LogP contribution is 2.36. The second-order valence-corrected chi connectivity index (χ2v) is 14.9. The van der Waals surface area contributed by atoms with E-state index in [2.05, 4.69) is 39.2 Å². The number of hydrogen-bond donors (Lipinski definition) is 1. The van der Waals surface area contributed by atoms with Gasteiger partial charge >= 0.3 is 6.09 Å². The fourth-order valence-corrected chi connectivity index (χ4v) is 3.53. The molecule has 1 N–H and O–H groups in total. The summed E-state index contributed by atoms with van der Waals surface area (Å²) in [5.74, 6) is 0. The fraction of sp³-hybridized carbons (Fsp3) is 0.696. The highest BCUT2D eigenvalue weighted by Gasteiger charge is 2.36. The monoisotopic (exact) mass is 423 g/mol. The van der Waals surface area contributed by atoms with Crippen LogP contribution in [0.3, 0.4) is 0 Å². The molecule has 1 atom stereocenters. The molecule has 6 heteroatoms. The van der Waals surface area contributed by atoms with Crippen molar-refractivity contribution in [3.05, 3.63) is 35.9 Å². The van der Waals surface area contributed by atoms with E-state index in [4.69, 9.17) is 13.9 Å². The van der Waals surface area contributed by atoms with E-state index in [0.29, 0.717) is 19.8 Å². The molecule has 0 fully saturated rings. The van der Waals surface area contributed by atoms with Crippen molar-refractivity contribution in [2.75, 3.05) is 13.2 Å². The van der Waals surface area contributed by atoms with Gasteiger partial charge in [-0.05, 0) is 57.3 Å². The summed E-state index contributed by atoms with van der Waals surface area (Å²) in [6, 6.07) is 9.92. The van der Waals surface area contributed by atoms with E-state index >= 15 is 0 Å². The molecule has 1 aromatic rings. The summed E-state index contributed by atoms with van der Waals surface area (Å²) >= 11 is 0. The van der Waals surface area contributed by atoms with Gasteiger partial charge in [0.2, 0.25) is 0 Å². The molecule has 0 bridgehead atoms. The van der Waals surface area contributed by atoms with E-state index in [9.17, 15) is 4.79 Å². The second kappa shape index (κ2) is 11.1. The van der Waals surface area contributed by atoms with E-state index in [-0.39, 0.29) is 11.1 Å². The van der Waals surface area contributed by atoms with Crippen molar-refractivity contribution in [2.24, 2.45) is 0 Å². The fourth-order valence-electron chi connectivity index (χ4n) is 2.44. The summed E-state index contributed by atoms with van der Waals surface area (Å²) in [6.45, 7) is 18.5. The van der Waals surface area contributed by atoms with Crippen molar-refractivity contribution in [3.63, 3.8) is 0 Å². The van der Waals surface area contributed by atoms with Crippen molar-refractivity contribution >= 4 is 14.4 Å². The molecule has 5 nitrogen and oxygen atoms in total. The number of rotatable bonds is 10. The summed E-state index contributed by atoms with van der Waals surface area (Å²) < 4.78 is 17.5. The van der Waals surface area contributed by atoms with E-state index in [1.165, 1.54) is 0 Å². The molecule has 166 valence electrons. The van der Waals surface area contributed by atoms with Crippen LogP contribution in [0, 0.1) is 0 Å². The number of benzene rings is 1. The lowest BCUT2D eigenvalue weighted by Gasteiger charge is -2.36. The number of nitrogens with one attached hydrogen (secondary N) is 1. The minimum atomic E-state index is -1.75. The van der Waals surface area contributed by atoms with E-state index in [0.717, 1.165) is 18.4 Å². The summed E-state index contributed by atoms with van der Waals surface area (Å²) in [4.78, 5) is 12.2. The van der Waals surface area contributed by atoms with E-state index < -0.39 is 20.0 Å². The smallest absolute Gasteiger partial charge is 0.407 e. The van der Waals surface area contributed by atoms with Gasteiger partial charge in [-0.1, -0.05) is 51.1 Å². The molecule has 29 heavy (non-hydrogen) atoms. The van der Waals surface area contributed by atoms with Crippen LogP contribution in [0.15, 0.2) is 30.3 Å². The number of carbonyl (C=O) groups excluding carboxylic acids is 1. The first-order valence-corrected chi connectivity index (χ1v) is 13.5. The van der Waals surface area contributed by atoms with Gasteiger partial charge in [-0.2, -0.15) is 0 Å². The maximum Gasteiger partial charge on any atom is 0.407 e. The SMILES string of the molecule is CC(C)(C)OC(=O)N[C@@H](CCCO[Si](C)(C)C(C)(C)C)COCc1ccccc1. The predicted molar refractivity (Wildman–Crippen MR) is 122 cm³/mol. The number of ether oxygens (including phenoxy) is 2. The van der Waals surface area contributed by atoms with Crippen LogP contribution < -0.4 is 5.32 Å². The summed E-state index contributed by atoms with van der Waals surface area (Å²) in [5, 5.41) is 3.15. The number of alkyl carbamates (subject to hydrolysis) is 1. The topological polar surface area (TPSA) is 56.8 Å². The number of amides is 1. The zero-order chi connectivity index (χ0) is 22.1. The van der Waals surface area contributed by atoms with Crippen LogP contribution in [0.1, 0.15) is 59.9 Å².